The average Bonchev–Trinajstić information content (AvgIpc) is 2.24. The zero-order valence-electron chi connectivity index (χ0n) is 8.44. The molecule has 1 aromatic heterocycles. The first-order valence-electron chi connectivity index (χ1n) is 4.70. The van der Waals surface area contributed by atoms with Crippen LogP contribution < -0.4 is 16.8 Å². The van der Waals surface area contributed by atoms with Crippen molar-refractivity contribution in [2.24, 2.45) is 0 Å². The van der Waals surface area contributed by atoms with Crippen LogP contribution in [-0.4, -0.2) is 4.98 Å². The molecule has 0 spiro atoms. The summed E-state index contributed by atoms with van der Waals surface area (Å²) in [6.07, 6.45) is 0. The second kappa shape index (κ2) is 4.56. The molecule has 0 unspecified atom stereocenters. The third-order valence-corrected chi connectivity index (χ3v) is 2.73. The summed E-state index contributed by atoms with van der Waals surface area (Å²) in [5.74, 6) is 1.03. The summed E-state index contributed by atoms with van der Waals surface area (Å²) < 4.78 is 1.16. The number of hydrogen-bond donors (Lipinski definition) is 3. The summed E-state index contributed by atoms with van der Waals surface area (Å²) in [6, 6.07) is 11.5. The Kier molecular flexibility index (Phi) is 3.14. The van der Waals surface area contributed by atoms with E-state index in [0.717, 1.165) is 9.26 Å². The van der Waals surface area contributed by atoms with Crippen LogP contribution in [0.4, 0.5) is 23.0 Å². The number of halogens is 1. The topological polar surface area (TPSA) is 77.0 Å². The molecular weight excluding hydrogens is 315 g/mol. The van der Waals surface area contributed by atoms with Crippen molar-refractivity contribution < 1.29 is 0 Å². The van der Waals surface area contributed by atoms with Crippen LogP contribution in [0.3, 0.4) is 0 Å². The summed E-state index contributed by atoms with van der Waals surface area (Å²) in [6.45, 7) is 0. The molecule has 82 valence electrons. The minimum atomic E-state index is 0.343. The summed E-state index contributed by atoms with van der Waals surface area (Å²) in [4.78, 5) is 4.14. The lowest BCUT2D eigenvalue weighted by molar-refractivity contribution is 1.32. The lowest BCUT2D eigenvalue weighted by Gasteiger charge is -2.07. The first kappa shape index (κ1) is 11.0. The van der Waals surface area contributed by atoms with E-state index in [1.54, 1.807) is 12.1 Å². The average molecular weight is 326 g/mol. The van der Waals surface area contributed by atoms with Crippen molar-refractivity contribution in [2.75, 3.05) is 16.8 Å². The molecule has 0 bridgehead atoms. The molecule has 0 amide bonds. The van der Waals surface area contributed by atoms with Crippen LogP contribution in [0.2, 0.25) is 0 Å². The minimum absolute atomic E-state index is 0.343. The van der Waals surface area contributed by atoms with Gasteiger partial charge in [0.05, 0.1) is 5.69 Å². The van der Waals surface area contributed by atoms with Gasteiger partial charge in [-0.15, -0.1) is 0 Å². The molecule has 2 aromatic rings. The predicted octanol–water partition coefficient (Wildman–Crippen LogP) is 2.59. The predicted molar refractivity (Wildman–Crippen MR) is 75.5 cm³/mol. The van der Waals surface area contributed by atoms with Gasteiger partial charge in [0.25, 0.3) is 0 Å². The Hall–Kier alpha value is -1.50. The molecule has 0 saturated heterocycles. The van der Waals surface area contributed by atoms with Gasteiger partial charge in [-0.1, -0.05) is 6.07 Å². The Morgan fingerprint density at radius 3 is 2.62 bits per heavy atom. The summed E-state index contributed by atoms with van der Waals surface area (Å²) in [7, 11) is 0. The number of rotatable bonds is 2. The highest BCUT2D eigenvalue weighted by molar-refractivity contribution is 14.1. The van der Waals surface area contributed by atoms with E-state index in [-0.39, 0.29) is 0 Å². The molecule has 0 saturated carbocycles. The number of nitrogens with one attached hydrogen (secondary N) is 1. The van der Waals surface area contributed by atoms with E-state index >= 15 is 0 Å². The molecule has 1 aromatic carbocycles. The lowest BCUT2D eigenvalue weighted by Crippen LogP contribution is -2.01. The molecule has 0 aliphatic carbocycles. The van der Waals surface area contributed by atoms with E-state index in [1.165, 1.54) is 0 Å². The summed E-state index contributed by atoms with van der Waals surface area (Å²) in [5.41, 5.74) is 12.7. The fraction of sp³-hybridized carbons (Fsp3) is 0. The van der Waals surface area contributed by atoms with Crippen molar-refractivity contribution in [3.8, 4) is 0 Å². The van der Waals surface area contributed by atoms with Gasteiger partial charge >= 0.3 is 0 Å². The zero-order valence-corrected chi connectivity index (χ0v) is 10.6. The Labute approximate surface area is 107 Å². The molecular formula is C11H11IN4. The van der Waals surface area contributed by atoms with E-state index in [9.17, 15) is 0 Å². The SMILES string of the molecule is Nc1ccc(Nc2cccc(I)c2)nc1N. The minimum Gasteiger partial charge on any atom is -0.396 e. The normalized spacial score (nSPS) is 10.1. The third kappa shape index (κ3) is 2.54. The maximum absolute atomic E-state index is 5.63. The molecule has 1 heterocycles. The molecule has 16 heavy (non-hydrogen) atoms. The van der Waals surface area contributed by atoms with Crippen molar-refractivity contribution in [3.05, 3.63) is 40.0 Å². The van der Waals surface area contributed by atoms with Crippen molar-refractivity contribution in [3.63, 3.8) is 0 Å². The Balaban J connectivity index is 2.24. The standard InChI is InChI=1S/C11H11IN4/c12-7-2-1-3-8(6-7)15-10-5-4-9(13)11(14)16-10/h1-6H,13H2,(H3,14,15,16). The number of anilines is 4. The van der Waals surface area contributed by atoms with Gasteiger partial charge in [0, 0.05) is 9.26 Å². The highest BCUT2D eigenvalue weighted by Crippen LogP contribution is 2.20. The Morgan fingerprint density at radius 2 is 1.94 bits per heavy atom. The zero-order chi connectivity index (χ0) is 11.5. The largest absolute Gasteiger partial charge is 0.396 e. The van der Waals surface area contributed by atoms with Gasteiger partial charge in [-0.2, -0.15) is 0 Å². The van der Waals surface area contributed by atoms with Gasteiger partial charge in [0.15, 0.2) is 0 Å². The lowest BCUT2D eigenvalue weighted by atomic mass is 10.3. The van der Waals surface area contributed by atoms with Gasteiger partial charge in [0.1, 0.15) is 11.6 Å². The van der Waals surface area contributed by atoms with Gasteiger partial charge in [-0.05, 0) is 52.9 Å². The number of nitrogens with zero attached hydrogens (tertiary/aromatic N) is 1. The number of hydrogen-bond acceptors (Lipinski definition) is 4. The molecule has 4 nitrogen and oxygen atoms in total. The quantitative estimate of drug-likeness (QED) is 0.742. The number of nitrogen functional groups attached to an aromatic ring is 2. The van der Waals surface area contributed by atoms with Crippen LogP contribution in [-0.2, 0) is 0 Å². The molecule has 0 aliphatic rings. The van der Waals surface area contributed by atoms with Gasteiger partial charge < -0.3 is 16.8 Å². The molecule has 5 N–H and O–H groups in total. The fourth-order valence-electron chi connectivity index (χ4n) is 1.27. The number of benzene rings is 1. The molecule has 2 rings (SSSR count). The van der Waals surface area contributed by atoms with Crippen LogP contribution in [0.15, 0.2) is 36.4 Å². The third-order valence-electron chi connectivity index (χ3n) is 2.05. The summed E-state index contributed by atoms with van der Waals surface area (Å²) >= 11 is 2.26. The van der Waals surface area contributed by atoms with E-state index in [4.69, 9.17) is 11.5 Å². The van der Waals surface area contributed by atoms with Crippen LogP contribution in [0, 0.1) is 3.57 Å². The van der Waals surface area contributed by atoms with E-state index in [1.807, 2.05) is 24.3 Å². The van der Waals surface area contributed by atoms with Crippen molar-refractivity contribution in [1.29, 1.82) is 0 Å². The van der Waals surface area contributed by atoms with Crippen LogP contribution >= 0.6 is 22.6 Å². The molecule has 0 atom stereocenters. The molecule has 5 heteroatoms. The number of pyridine rings is 1. The second-order valence-electron chi connectivity index (χ2n) is 3.31. The fourth-order valence-corrected chi connectivity index (χ4v) is 1.81. The number of nitrogens with two attached hydrogens (primary N) is 2. The molecule has 0 radical (unpaired) electrons. The second-order valence-corrected chi connectivity index (χ2v) is 4.55. The van der Waals surface area contributed by atoms with Crippen molar-refractivity contribution in [1.82, 2.24) is 4.98 Å². The first-order valence-corrected chi connectivity index (χ1v) is 5.77. The van der Waals surface area contributed by atoms with Crippen LogP contribution in [0.5, 0.6) is 0 Å². The van der Waals surface area contributed by atoms with Crippen molar-refractivity contribution >= 4 is 45.6 Å². The smallest absolute Gasteiger partial charge is 0.149 e. The van der Waals surface area contributed by atoms with Crippen molar-refractivity contribution in [2.45, 2.75) is 0 Å². The van der Waals surface area contributed by atoms with E-state index in [0.29, 0.717) is 17.3 Å². The van der Waals surface area contributed by atoms with Gasteiger partial charge in [0.2, 0.25) is 0 Å². The van der Waals surface area contributed by atoms with Gasteiger partial charge in [-0.25, -0.2) is 4.98 Å². The first-order chi connectivity index (χ1) is 7.65. The van der Waals surface area contributed by atoms with E-state index in [2.05, 4.69) is 32.9 Å². The summed E-state index contributed by atoms with van der Waals surface area (Å²) in [5, 5.41) is 3.16. The Morgan fingerprint density at radius 1 is 1.12 bits per heavy atom. The maximum Gasteiger partial charge on any atom is 0.149 e. The molecule has 0 aliphatic heterocycles. The van der Waals surface area contributed by atoms with E-state index < -0.39 is 0 Å². The Bertz CT molecular complexity index is 513. The highest BCUT2D eigenvalue weighted by Gasteiger charge is 2.00. The van der Waals surface area contributed by atoms with Crippen LogP contribution in [0.1, 0.15) is 0 Å². The maximum atomic E-state index is 5.63. The molecule has 0 fully saturated rings. The monoisotopic (exact) mass is 326 g/mol. The highest BCUT2D eigenvalue weighted by atomic mass is 127. The number of aromatic nitrogens is 1. The van der Waals surface area contributed by atoms with Crippen LogP contribution in [0.25, 0.3) is 0 Å². The van der Waals surface area contributed by atoms with Gasteiger partial charge in [-0.3, -0.25) is 0 Å².